The molecule has 84 valence electrons. The summed E-state index contributed by atoms with van der Waals surface area (Å²) < 4.78 is 5.23. The average Bonchev–Trinajstić information content (AvgIpc) is 2.64. The Morgan fingerprint density at radius 2 is 2.19 bits per heavy atom. The van der Waals surface area contributed by atoms with E-state index in [4.69, 9.17) is 16.0 Å². The van der Waals surface area contributed by atoms with Crippen LogP contribution in [-0.2, 0) is 13.1 Å². The summed E-state index contributed by atoms with van der Waals surface area (Å²) >= 11 is 5.88. The second-order valence-electron chi connectivity index (χ2n) is 3.45. The van der Waals surface area contributed by atoms with E-state index < -0.39 is 0 Å². The van der Waals surface area contributed by atoms with Crippen molar-refractivity contribution < 1.29 is 4.42 Å². The van der Waals surface area contributed by atoms with Gasteiger partial charge in [0.2, 0.25) is 11.8 Å². The third-order valence-electron chi connectivity index (χ3n) is 2.06. The number of aromatic nitrogens is 2. The Hall–Kier alpha value is -1.39. The summed E-state index contributed by atoms with van der Waals surface area (Å²) in [6, 6.07) is 7.72. The number of halogens is 1. The molecule has 0 saturated heterocycles. The lowest BCUT2D eigenvalue weighted by atomic mass is 10.2. The number of nitrogens with zero attached hydrogens (tertiary/aromatic N) is 2. The molecule has 5 heteroatoms. The highest BCUT2D eigenvalue weighted by Crippen LogP contribution is 2.10. The predicted molar refractivity (Wildman–Crippen MR) is 61.0 cm³/mol. The van der Waals surface area contributed by atoms with Gasteiger partial charge in [-0.3, -0.25) is 0 Å². The van der Waals surface area contributed by atoms with Crippen LogP contribution < -0.4 is 5.32 Å². The maximum atomic E-state index is 5.88. The number of benzene rings is 1. The fourth-order valence-electron chi connectivity index (χ4n) is 1.37. The zero-order chi connectivity index (χ0) is 11.4. The predicted octanol–water partition coefficient (Wildman–Crippen LogP) is 2.32. The zero-order valence-corrected chi connectivity index (χ0v) is 9.66. The van der Waals surface area contributed by atoms with Gasteiger partial charge in [0.25, 0.3) is 0 Å². The molecule has 2 aromatic rings. The minimum absolute atomic E-state index is 0.563. The van der Waals surface area contributed by atoms with Crippen LogP contribution in [0.4, 0.5) is 0 Å². The summed E-state index contributed by atoms with van der Waals surface area (Å²) in [6.07, 6.45) is 0. The minimum atomic E-state index is 0.563. The average molecular weight is 238 g/mol. The third kappa shape index (κ3) is 3.05. The summed E-state index contributed by atoms with van der Waals surface area (Å²) in [6.45, 7) is 3.06. The molecule has 1 heterocycles. The van der Waals surface area contributed by atoms with Crippen LogP contribution >= 0.6 is 11.6 Å². The molecule has 16 heavy (non-hydrogen) atoms. The maximum absolute atomic E-state index is 5.88. The molecule has 1 aromatic heterocycles. The van der Waals surface area contributed by atoms with Crippen LogP contribution in [0.3, 0.4) is 0 Å². The molecule has 0 aliphatic carbocycles. The molecular weight excluding hydrogens is 226 g/mol. The molecule has 0 saturated carbocycles. The molecule has 2 rings (SSSR count). The van der Waals surface area contributed by atoms with E-state index in [-0.39, 0.29) is 0 Å². The molecule has 0 aliphatic rings. The van der Waals surface area contributed by atoms with Gasteiger partial charge >= 0.3 is 0 Å². The Labute approximate surface area is 98.6 Å². The van der Waals surface area contributed by atoms with Gasteiger partial charge in [0.1, 0.15) is 0 Å². The fraction of sp³-hybridized carbons (Fsp3) is 0.273. The van der Waals surface area contributed by atoms with Crippen molar-refractivity contribution in [1.82, 2.24) is 15.5 Å². The molecule has 0 aliphatic heterocycles. The first kappa shape index (κ1) is 11.1. The zero-order valence-electron chi connectivity index (χ0n) is 8.90. The Kier molecular flexibility index (Phi) is 3.54. The first-order valence-corrected chi connectivity index (χ1v) is 5.36. The molecule has 0 atom stereocenters. The van der Waals surface area contributed by atoms with Crippen LogP contribution in [-0.4, -0.2) is 10.2 Å². The fourth-order valence-corrected chi connectivity index (χ4v) is 1.58. The highest BCUT2D eigenvalue weighted by Gasteiger charge is 2.01. The summed E-state index contributed by atoms with van der Waals surface area (Å²) in [5, 5.41) is 11.6. The van der Waals surface area contributed by atoms with E-state index in [1.807, 2.05) is 24.3 Å². The molecule has 0 unspecified atom stereocenters. The van der Waals surface area contributed by atoms with E-state index in [0.29, 0.717) is 18.3 Å². The van der Waals surface area contributed by atoms with Crippen LogP contribution in [0.5, 0.6) is 0 Å². The molecular formula is C11H12ClN3O. The van der Waals surface area contributed by atoms with Crippen molar-refractivity contribution in [3.05, 3.63) is 46.6 Å². The van der Waals surface area contributed by atoms with Crippen LogP contribution in [0.15, 0.2) is 28.7 Å². The summed E-state index contributed by atoms with van der Waals surface area (Å²) in [7, 11) is 0. The first-order valence-electron chi connectivity index (χ1n) is 4.98. The van der Waals surface area contributed by atoms with Crippen LogP contribution in [0.25, 0.3) is 0 Å². The topological polar surface area (TPSA) is 51.0 Å². The van der Waals surface area contributed by atoms with Crippen LogP contribution in [0.1, 0.15) is 17.3 Å². The summed E-state index contributed by atoms with van der Waals surface area (Å²) in [4.78, 5) is 0. The minimum Gasteiger partial charge on any atom is -0.424 e. The van der Waals surface area contributed by atoms with Gasteiger partial charge in [0, 0.05) is 18.5 Å². The van der Waals surface area contributed by atoms with Gasteiger partial charge in [-0.05, 0) is 17.7 Å². The standard InChI is InChI=1S/C11H12ClN3O/c1-8-14-15-11(16-8)7-13-6-9-3-2-4-10(12)5-9/h2-5,13H,6-7H2,1H3. The van der Waals surface area contributed by atoms with Gasteiger partial charge in [-0.1, -0.05) is 23.7 Å². The first-order chi connectivity index (χ1) is 7.74. The van der Waals surface area contributed by atoms with E-state index in [0.717, 1.165) is 17.1 Å². The molecule has 1 aromatic carbocycles. The van der Waals surface area contributed by atoms with Crippen molar-refractivity contribution in [2.45, 2.75) is 20.0 Å². The Balaban J connectivity index is 1.84. The van der Waals surface area contributed by atoms with Crippen molar-refractivity contribution in [3.8, 4) is 0 Å². The highest BCUT2D eigenvalue weighted by molar-refractivity contribution is 6.30. The molecule has 1 N–H and O–H groups in total. The lowest BCUT2D eigenvalue weighted by Crippen LogP contribution is -2.12. The Morgan fingerprint density at radius 1 is 1.31 bits per heavy atom. The smallest absolute Gasteiger partial charge is 0.230 e. The largest absolute Gasteiger partial charge is 0.424 e. The molecule has 0 bridgehead atoms. The summed E-state index contributed by atoms with van der Waals surface area (Å²) in [5.41, 5.74) is 1.13. The van der Waals surface area contributed by atoms with Gasteiger partial charge in [0.15, 0.2) is 0 Å². The van der Waals surface area contributed by atoms with E-state index >= 15 is 0 Å². The highest BCUT2D eigenvalue weighted by atomic mass is 35.5. The normalized spacial score (nSPS) is 10.6. The number of rotatable bonds is 4. The molecule has 4 nitrogen and oxygen atoms in total. The van der Waals surface area contributed by atoms with E-state index in [1.54, 1.807) is 6.92 Å². The van der Waals surface area contributed by atoms with E-state index in [1.165, 1.54) is 0 Å². The SMILES string of the molecule is Cc1nnc(CNCc2cccc(Cl)c2)o1. The Morgan fingerprint density at radius 3 is 2.88 bits per heavy atom. The molecule has 0 spiro atoms. The number of nitrogens with one attached hydrogen (secondary N) is 1. The lowest BCUT2D eigenvalue weighted by Gasteiger charge is -2.02. The van der Waals surface area contributed by atoms with E-state index in [2.05, 4.69) is 15.5 Å². The monoisotopic (exact) mass is 237 g/mol. The molecule has 0 fully saturated rings. The van der Waals surface area contributed by atoms with Gasteiger partial charge in [0.05, 0.1) is 6.54 Å². The molecule has 0 amide bonds. The second-order valence-corrected chi connectivity index (χ2v) is 3.88. The maximum Gasteiger partial charge on any atom is 0.230 e. The van der Waals surface area contributed by atoms with Crippen LogP contribution in [0.2, 0.25) is 5.02 Å². The van der Waals surface area contributed by atoms with Crippen molar-refractivity contribution in [1.29, 1.82) is 0 Å². The lowest BCUT2D eigenvalue weighted by molar-refractivity contribution is 0.447. The quantitative estimate of drug-likeness (QED) is 0.887. The van der Waals surface area contributed by atoms with Crippen molar-refractivity contribution in [2.75, 3.05) is 0 Å². The third-order valence-corrected chi connectivity index (χ3v) is 2.30. The van der Waals surface area contributed by atoms with Crippen molar-refractivity contribution in [3.63, 3.8) is 0 Å². The van der Waals surface area contributed by atoms with Crippen LogP contribution in [0, 0.1) is 6.92 Å². The number of hydrogen-bond acceptors (Lipinski definition) is 4. The summed E-state index contributed by atoms with van der Waals surface area (Å²) in [5.74, 6) is 1.18. The van der Waals surface area contributed by atoms with Gasteiger partial charge < -0.3 is 9.73 Å². The number of aryl methyl sites for hydroxylation is 1. The Bertz CT molecular complexity index is 470. The van der Waals surface area contributed by atoms with Crippen molar-refractivity contribution in [2.24, 2.45) is 0 Å². The molecule has 0 radical (unpaired) electrons. The van der Waals surface area contributed by atoms with E-state index in [9.17, 15) is 0 Å². The van der Waals surface area contributed by atoms with Crippen molar-refractivity contribution >= 4 is 11.6 Å². The van der Waals surface area contributed by atoms with Gasteiger partial charge in [-0.15, -0.1) is 10.2 Å². The number of hydrogen-bond donors (Lipinski definition) is 1. The second kappa shape index (κ2) is 5.09. The van der Waals surface area contributed by atoms with Gasteiger partial charge in [-0.2, -0.15) is 0 Å². The van der Waals surface area contributed by atoms with Gasteiger partial charge in [-0.25, -0.2) is 0 Å².